The minimum atomic E-state index is -0.405. The fourth-order valence-electron chi connectivity index (χ4n) is 3.37. The highest BCUT2D eigenvalue weighted by Crippen LogP contribution is 2.22. The van der Waals surface area contributed by atoms with Crippen molar-refractivity contribution >= 4 is 17.8 Å². The third kappa shape index (κ3) is 8.81. The lowest BCUT2D eigenvalue weighted by Gasteiger charge is -2.19. The summed E-state index contributed by atoms with van der Waals surface area (Å²) in [7, 11) is 0. The van der Waals surface area contributed by atoms with Gasteiger partial charge in [-0.2, -0.15) is 0 Å². The lowest BCUT2D eigenvalue weighted by atomic mass is 9.94. The molecule has 0 bridgehead atoms. The molecular formula is C21H37NO4. The number of imide groups is 1. The molecule has 1 heterocycles. The number of nitrogens with zero attached hydrogens (tertiary/aromatic N) is 1. The number of hydrogen-bond acceptors (Lipinski definition) is 4. The average Bonchev–Trinajstić information content (AvgIpc) is 2.94. The Morgan fingerprint density at radius 2 is 1.23 bits per heavy atom. The topological polar surface area (TPSA) is 63.7 Å². The molecular weight excluding hydrogens is 330 g/mol. The number of rotatable bonds is 15. The maximum absolute atomic E-state index is 12.5. The molecule has 1 fully saturated rings. The van der Waals surface area contributed by atoms with Gasteiger partial charge in [-0.1, -0.05) is 84.5 Å². The minimum absolute atomic E-state index is 0.144. The zero-order chi connectivity index (χ0) is 19.2. The van der Waals surface area contributed by atoms with E-state index < -0.39 is 17.8 Å². The van der Waals surface area contributed by atoms with Gasteiger partial charge in [0, 0.05) is 12.8 Å². The molecule has 1 saturated heterocycles. The molecule has 2 amide bonds. The molecule has 1 atom stereocenters. The van der Waals surface area contributed by atoms with E-state index in [1.165, 1.54) is 44.9 Å². The highest BCUT2D eigenvalue weighted by molar-refractivity contribution is 6.01. The van der Waals surface area contributed by atoms with E-state index in [2.05, 4.69) is 13.8 Å². The Bertz CT molecular complexity index is 420. The third-order valence-corrected chi connectivity index (χ3v) is 5.08. The zero-order valence-corrected chi connectivity index (χ0v) is 16.8. The Labute approximate surface area is 158 Å². The first-order valence-electron chi connectivity index (χ1n) is 10.7. The van der Waals surface area contributed by atoms with Gasteiger partial charge >= 0.3 is 5.97 Å². The molecule has 5 nitrogen and oxygen atoms in total. The smallest absolute Gasteiger partial charge is 0.330 e. The number of hydrogen-bond donors (Lipinski definition) is 0. The molecule has 0 aromatic rings. The first kappa shape index (κ1) is 22.7. The molecule has 0 spiro atoms. The molecule has 1 rings (SSSR count). The minimum Gasteiger partial charge on any atom is -0.330 e. The predicted molar refractivity (Wildman–Crippen MR) is 102 cm³/mol. The molecule has 0 saturated carbocycles. The summed E-state index contributed by atoms with van der Waals surface area (Å²) in [6.45, 7) is 4.38. The Morgan fingerprint density at radius 1 is 0.808 bits per heavy atom. The van der Waals surface area contributed by atoms with Gasteiger partial charge < -0.3 is 4.84 Å². The lowest BCUT2D eigenvalue weighted by Crippen LogP contribution is -2.34. The van der Waals surface area contributed by atoms with Crippen molar-refractivity contribution in [2.75, 3.05) is 0 Å². The van der Waals surface area contributed by atoms with Gasteiger partial charge in [0.1, 0.15) is 0 Å². The molecule has 150 valence electrons. The van der Waals surface area contributed by atoms with Crippen molar-refractivity contribution in [1.82, 2.24) is 5.06 Å². The van der Waals surface area contributed by atoms with E-state index in [4.69, 9.17) is 4.84 Å². The van der Waals surface area contributed by atoms with Crippen molar-refractivity contribution < 1.29 is 19.2 Å². The van der Waals surface area contributed by atoms with Crippen LogP contribution in [0.4, 0.5) is 0 Å². The lowest BCUT2D eigenvalue weighted by molar-refractivity contribution is -0.201. The summed E-state index contributed by atoms with van der Waals surface area (Å²) < 4.78 is 0. The van der Waals surface area contributed by atoms with Crippen LogP contribution in [-0.4, -0.2) is 22.8 Å². The molecule has 1 aliphatic heterocycles. The Balaban J connectivity index is 2.42. The van der Waals surface area contributed by atoms with Crippen LogP contribution >= 0.6 is 0 Å². The summed E-state index contributed by atoms with van der Waals surface area (Å²) in [6.07, 6.45) is 14.7. The second kappa shape index (κ2) is 13.8. The Kier molecular flexibility index (Phi) is 12.0. The molecule has 0 aliphatic carbocycles. The van der Waals surface area contributed by atoms with Gasteiger partial charge in [-0.25, -0.2) is 4.79 Å². The van der Waals surface area contributed by atoms with Crippen molar-refractivity contribution in [2.24, 2.45) is 5.92 Å². The fourth-order valence-corrected chi connectivity index (χ4v) is 3.37. The highest BCUT2D eigenvalue weighted by Gasteiger charge is 2.34. The molecule has 0 radical (unpaired) electrons. The predicted octanol–water partition coefficient (Wildman–Crippen LogP) is 5.32. The number of hydroxylamine groups is 2. The van der Waals surface area contributed by atoms with E-state index in [0.29, 0.717) is 5.06 Å². The summed E-state index contributed by atoms with van der Waals surface area (Å²) in [4.78, 5) is 41.0. The first-order chi connectivity index (χ1) is 12.6. The van der Waals surface area contributed by atoms with Crippen LogP contribution in [-0.2, 0) is 19.2 Å². The Morgan fingerprint density at radius 3 is 1.69 bits per heavy atom. The van der Waals surface area contributed by atoms with E-state index in [0.717, 1.165) is 38.5 Å². The maximum Gasteiger partial charge on any atom is 0.336 e. The van der Waals surface area contributed by atoms with Crippen molar-refractivity contribution in [2.45, 2.75) is 110 Å². The largest absolute Gasteiger partial charge is 0.336 e. The van der Waals surface area contributed by atoms with Crippen molar-refractivity contribution in [3.8, 4) is 0 Å². The van der Waals surface area contributed by atoms with Gasteiger partial charge in [0.15, 0.2) is 0 Å². The van der Waals surface area contributed by atoms with Gasteiger partial charge in [0.25, 0.3) is 11.8 Å². The quantitative estimate of drug-likeness (QED) is 0.290. The van der Waals surface area contributed by atoms with Crippen molar-refractivity contribution in [3.05, 3.63) is 0 Å². The number of carbonyl (C=O) groups is 3. The van der Waals surface area contributed by atoms with E-state index in [9.17, 15) is 14.4 Å². The van der Waals surface area contributed by atoms with Crippen LogP contribution in [0.1, 0.15) is 110 Å². The SMILES string of the molecule is CCCCCCCCC(CCCCCCC)C(=O)ON1C(=O)CCC1=O. The fraction of sp³-hybridized carbons (Fsp3) is 0.857. The van der Waals surface area contributed by atoms with Crippen LogP contribution in [0.2, 0.25) is 0 Å². The number of amides is 2. The molecule has 26 heavy (non-hydrogen) atoms. The van der Waals surface area contributed by atoms with Crippen molar-refractivity contribution in [3.63, 3.8) is 0 Å². The molecule has 1 aliphatic rings. The van der Waals surface area contributed by atoms with E-state index >= 15 is 0 Å². The van der Waals surface area contributed by atoms with E-state index in [1.807, 2.05) is 0 Å². The number of unbranched alkanes of at least 4 members (excludes halogenated alkanes) is 9. The summed E-state index contributed by atoms with van der Waals surface area (Å²) in [5.41, 5.74) is 0. The van der Waals surface area contributed by atoms with Crippen LogP contribution in [0.5, 0.6) is 0 Å². The van der Waals surface area contributed by atoms with E-state index in [1.54, 1.807) is 0 Å². The Hall–Kier alpha value is -1.39. The molecule has 0 aromatic carbocycles. The average molecular weight is 368 g/mol. The van der Waals surface area contributed by atoms with Crippen LogP contribution in [0.25, 0.3) is 0 Å². The second-order valence-electron chi connectivity index (χ2n) is 7.45. The standard InChI is InChI=1S/C21H37NO4/c1-3-5-7-9-11-13-15-18(14-12-10-8-6-4-2)21(25)26-22-19(23)16-17-20(22)24/h18H,3-17H2,1-2H3. The summed E-state index contributed by atoms with van der Waals surface area (Å²) in [5.74, 6) is -1.41. The van der Waals surface area contributed by atoms with E-state index in [-0.39, 0.29) is 18.8 Å². The highest BCUT2D eigenvalue weighted by atomic mass is 16.7. The monoisotopic (exact) mass is 367 g/mol. The van der Waals surface area contributed by atoms with Gasteiger partial charge in [0.05, 0.1) is 5.92 Å². The summed E-state index contributed by atoms with van der Waals surface area (Å²) in [5, 5.41) is 0.688. The molecule has 5 heteroatoms. The van der Waals surface area contributed by atoms with Gasteiger partial charge in [-0.3, -0.25) is 9.59 Å². The van der Waals surface area contributed by atoms with Gasteiger partial charge in [-0.05, 0) is 12.8 Å². The zero-order valence-electron chi connectivity index (χ0n) is 16.8. The van der Waals surface area contributed by atoms with Gasteiger partial charge in [-0.15, -0.1) is 5.06 Å². The van der Waals surface area contributed by atoms with Crippen molar-refractivity contribution in [1.29, 1.82) is 0 Å². The summed E-state index contributed by atoms with van der Waals surface area (Å²) in [6, 6.07) is 0. The maximum atomic E-state index is 12.5. The van der Waals surface area contributed by atoms with Crippen LogP contribution < -0.4 is 0 Å². The molecule has 1 unspecified atom stereocenters. The van der Waals surface area contributed by atoms with Crippen LogP contribution in [0.15, 0.2) is 0 Å². The number of carbonyl (C=O) groups excluding carboxylic acids is 3. The third-order valence-electron chi connectivity index (χ3n) is 5.08. The molecule has 0 N–H and O–H groups in total. The molecule has 0 aromatic heterocycles. The first-order valence-corrected chi connectivity index (χ1v) is 10.7. The van der Waals surface area contributed by atoms with Crippen LogP contribution in [0.3, 0.4) is 0 Å². The normalized spacial score (nSPS) is 15.5. The summed E-state index contributed by atoms with van der Waals surface area (Å²) >= 11 is 0. The second-order valence-corrected chi connectivity index (χ2v) is 7.45. The van der Waals surface area contributed by atoms with Gasteiger partial charge in [0.2, 0.25) is 0 Å². The van der Waals surface area contributed by atoms with Crippen LogP contribution in [0, 0.1) is 5.92 Å².